The molecule has 2 nitrogen and oxygen atoms in total. The minimum atomic E-state index is 0.801. The molecular weight excluding hydrogens is 330 g/mol. The van der Waals surface area contributed by atoms with Crippen molar-refractivity contribution in [3.63, 3.8) is 0 Å². The van der Waals surface area contributed by atoms with Crippen LogP contribution in [0.1, 0.15) is 76.7 Å². The first kappa shape index (κ1) is 21.2. The number of benzene rings is 2. The van der Waals surface area contributed by atoms with Gasteiger partial charge in [-0.1, -0.05) is 95.0 Å². The van der Waals surface area contributed by atoms with E-state index >= 15 is 0 Å². The third kappa shape index (κ3) is 9.98. The molecule has 0 saturated carbocycles. The molecule has 0 amide bonds. The summed E-state index contributed by atoms with van der Waals surface area (Å²) in [6.07, 6.45) is 15.4. The minimum Gasteiger partial charge on any atom is -0.494 e. The molecule has 0 aliphatic carbocycles. The van der Waals surface area contributed by atoms with Crippen molar-refractivity contribution >= 4 is 11.9 Å². The van der Waals surface area contributed by atoms with E-state index in [0.29, 0.717) is 0 Å². The maximum Gasteiger partial charge on any atom is 0.119 e. The second kappa shape index (κ2) is 14.0. The minimum absolute atomic E-state index is 0.801. The van der Waals surface area contributed by atoms with Gasteiger partial charge in [-0.2, -0.15) is 0 Å². The standard InChI is InChI=1S/C25H35NO/c1-2-3-4-5-6-7-8-9-10-14-20-27-25-19-15-16-23(21-25)22-26-24-17-12-11-13-18-24/h11-13,15-19,21-22H,2-10,14,20H2,1H3. The van der Waals surface area contributed by atoms with Gasteiger partial charge in [0.2, 0.25) is 0 Å². The Morgan fingerprint density at radius 1 is 0.741 bits per heavy atom. The normalized spacial score (nSPS) is 11.1. The summed E-state index contributed by atoms with van der Waals surface area (Å²) in [5.41, 5.74) is 2.04. The van der Waals surface area contributed by atoms with Gasteiger partial charge < -0.3 is 4.74 Å². The second-order valence-electron chi connectivity index (χ2n) is 7.20. The lowest BCUT2D eigenvalue weighted by Crippen LogP contribution is -1.97. The quantitative estimate of drug-likeness (QED) is 0.248. The molecule has 0 bridgehead atoms. The van der Waals surface area contributed by atoms with Crippen LogP contribution in [0, 0.1) is 0 Å². The average molecular weight is 366 g/mol. The smallest absolute Gasteiger partial charge is 0.119 e. The molecule has 2 rings (SSSR count). The zero-order chi connectivity index (χ0) is 19.0. The third-order valence-corrected chi connectivity index (χ3v) is 4.74. The Kier molecular flexibility index (Phi) is 11.0. The van der Waals surface area contributed by atoms with Crippen LogP contribution in [0.2, 0.25) is 0 Å². The lowest BCUT2D eigenvalue weighted by Gasteiger charge is -2.07. The molecule has 0 heterocycles. The monoisotopic (exact) mass is 365 g/mol. The zero-order valence-corrected chi connectivity index (χ0v) is 16.9. The number of hydrogen-bond acceptors (Lipinski definition) is 2. The Labute approximate surface area is 165 Å². The van der Waals surface area contributed by atoms with Gasteiger partial charge in [0, 0.05) is 6.21 Å². The number of hydrogen-bond donors (Lipinski definition) is 0. The van der Waals surface area contributed by atoms with Crippen molar-refractivity contribution in [3.8, 4) is 5.75 Å². The van der Waals surface area contributed by atoms with E-state index in [0.717, 1.165) is 30.0 Å². The van der Waals surface area contributed by atoms with E-state index in [1.54, 1.807) is 0 Å². The van der Waals surface area contributed by atoms with E-state index in [1.165, 1.54) is 57.8 Å². The van der Waals surface area contributed by atoms with E-state index in [9.17, 15) is 0 Å². The van der Waals surface area contributed by atoms with Gasteiger partial charge in [0.25, 0.3) is 0 Å². The molecule has 0 unspecified atom stereocenters. The number of rotatable bonds is 14. The molecule has 2 aromatic carbocycles. The van der Waals surface area contributed by atoms with Crippen LogP contribution in [0.4, 0.5) is 5.69 Å². The molecule has 0 radical (unpaired) electrons. The van der Waals surface area contributed by atoms with Crippen molar-refractivity contribution in [2.75, 3.05) is 6.61 Å². The highest BCUT2D eigenvalue weighted by Gasteiger charge is 1.97. The molecule has 146 valence electrons. The van der Waals surface area contributed by atoms with Gasteiger partial charge in [-0.25, -0.2) is 0 Å². The van der Waals surface area contributed by atoms with Crippen molar-refractivity contribution in [1.29, 1.82) is 0 Å². The highest BCUT2D eigenvalue weighted by Crippen LogP contribution is 2.15. The van der Waals surface area contributed by atoms with Crippen LogP contribution in [0.25, 0.3) is 0 Å². The van der Waals surface area contributed by atoms with Crippen LogP contribution in [0.15, 0.2) is 59.6 Å². The van der Waals surface area contributed by atoms with Gasteiger partial charge in [-0.15, -0.1) is 0 Å². The predicted octanol–water partition coefficient (Wildman–Crippen LogP) is 7.74. The first-order valence-corrected chi connectivity index (χ1v) is 10.7. The number of aliphatic imine (C=N–C) groups is 1. The molecule has 2 aromatic rings. The van der Waals surface area contributed by atoms with Crippen molar-refractivity contribution < 1.29 is 4.74 Å². The van der Waals surface area contributed by atoms with Gasteiger partial charge in [-0.05, 0) is 36.2 Å². The van der Waals surface area contributed by atoms with Crippen LogP contribution >= 0.6 is 0 Å². The van der Waals surface area contributed by atoms with Crippen LogP contribution in [-0.2, 0) is 0 Å². The fourth-order valence-electron chi connectivity index (χ4n) is 3.13. The topological polar surface area (TPSA) is 21.6 Å². The predicted molar refractivity (Wildman–Crippen MR) is 117 cm³/mol. The van der Waals surface area contributed by atoms with Crippen LogP contribution in [0.5, 0.6) is 5.75 Å². The van der Waals surface area contributed by atoms with E-state index < -0.39 is 0 Å². The third-order valence-electron chi connectivity index (χ3n) is 4.74. The molecule has 2 heteroatoms. The number of nitrogens with zero attached hydrogens (tertiary/aromatic N) is 1. The molecule has 0 N–H and O–H groups in total. The van der Waals surface area contributed by atoms with Gasteiger partial charge >= 0.3 is 0 Å². The van der Waals surface area contributed by atoms with Gasteiger partial charge in [-0.3, -0.25) is 4.99 Å². The molecular formula is C25H35NO. The largest absolute Gasteiger partial charge is 0.494 e. The fourth-order valence-corrected chi connectivity index (χ4v) is 3.13. The number of para-hydroxylation sites is 1. The molecule has 0 saturated heterocycles. The lowest BCUT2D eigenvalue weighted by atomic mass is 10.1. The molecule has 27 heavy (non-hydrogen) atoms. The second-order valence-corrected chi connectivity index (χ2v) is 7.20. The highest BCUT2D eigenvalue weighted by molar-refractivity contribution is 5.82. The summed E-state index contributed by atoms with van der Waals surface area (Å²) in [5.74, 6) is 0.933. The van der Waals surface area contributed by atoms with Crippen molar-refractivity contribution in [2.45, 2.75) is 71.1 Å². The molecule has 0 atom stereocenters. The van der Waals surface area contributed by atoms with Gasteiger partial charge in [0.15, 0.2) is 0 Å². The molecule has 0 aliphatic heterocycles. The molecule has 0 spiro atoms. The van der Waals surface area contributed by atoms with Crippen molar-refractivity contribution in [1.82, 2.24) is 0 Å². The summed E-state index contributed by atoms with van der Waals surface area (Å²) in [4.78, 5) is 4.50. The first-order chi connectivity index (χ1) is 13.4. The maximum atomic E-state index is 5.91. The Balaban J connectivity index is 1.57. The number of unbranched alkanes of at least 4 members (excludes halogenated alkanes) is 9. The average Bonchev–Trinajstić information content (AvgIpc) is 2.71. The van der Waals surface area contributed by atoms with Gasteiger partial charge in [0.1, 0.15) is 5.75 Å². The van der Waals surface area contributed by atoms with Crippen molar-refractivity contribution in [2.24, 2.45) is 4.99 Å². The zero-order valence-electron chi connectivity index (χ0n) is 16.9. The lowest BCUT2D eigenvalue weighted by molar-refractivity contribution is 0.304. The van der Waals surface area contributed by atoms with E-state index in [1.807, 2.05) is 48.7 Å². The van der Waals surface area contributed by atoms with E-state index in [4.69, 9.17) is 4.74 Å². The summed E-state index contributed by atoms with van der Waals surface area (Å²) in [5, 5.41) is 0. The fraction of sp³-hybridized carbons (Fsp3) is 0.480. The molecule has 0 fully saturated rings. The Morgan fingerprint density at radius 3 is 2.11 bits per heavy atom. The number of ether oxygens (including phenoxy) is 1. The maximum absolute atomic E-state index is 5.91. The van der Waals surface area contributed by atoms with Crippen LogP contribution in [-0.4, -0.2) is 12.8 Å². The summed E-state index contributed by atoms with van der Waals surface area (Å²) >= 11 is 0. The van der Waals surface area contributed by atoms with Crippen LogP contribution in [0.3, 0.4) is 0 Å². The van der Waals surface area contributed by atoms with Crippen molar-refractivity contribution in [3.05, 3.63) is 60.2 Å². The highest BCUT2D eigenvalue weighted by atomic mass is 16.5. The Bertz CT molecular complexity index is 636. The van der Waals surface area contributed by atoms with E-state index in [2.05, 4.69) is 24.0 Å². The van der Waals surface area contributed by atoms with Gasteiger partial charge in [0.05, 0.1) is 12.3 Å². The van der Waals surface area contributed by atoms with Crippen LogP contribution < -0.4 is 4.74 Å². The van der Waals surface area contributed by atoms with E-state index in [-0.39, 0.29) is 0 Å². The molecule has 0 aromatic heterocycles. The summed E-state index contributed by atoms with van der Waals surface area (Å²) in [7, 11) is 0. The summed E-state index contributed by atoms with van der Waals surface area (Å²) in [6, 6.07) is 18.2. The summed E-state index contributed by atoms with van der Waals surface area (Å²) < 4.78 is 5.91. The summed E-state index contributed by atoms with van der Waals surface area (Å²) in [6.45, 7) is 3.08. The molecule has 0 aliphatic rings. The SMILES string of the molecule is CCCCCCCCCCCCOc1cccc(C=Nc2ccccc2)c1. The first-order valence-electron chi connectivity index (χ1n) is 10.7. The Hall–Kier alpha value is -2.09. The Morgan fingerprint density at radius 2 is 1.41 bits per heavy atom.